The number of aliphatic hydroxyl groups is 2. The van der Waals surface area contributed by atoms with Crippen LogP contribution in [0.15, 0.2) is 22.8 Å². The Labute approximate surface area is 167 Å². The van der Waals surface area contributed by atoms with Crippen LogP contribution in [0.2, 0.25) is 0 Å². The van der Waals surface area contributed by atoms with Gasteiger partial charge in [-0.2, -0.15) is 0 Å². The summed E-state index contributed by atoms with van der Waals surface area (Å²) >= 11 is 0. The van der Waals surface area contributed by atoms with Gasteiger partial charge in [-0.05, 0) is 67.9 Å². The molecule has 0 radical (unpaired) electrons. The molecule has 2 heterocycles. The van der Waals surface area contributed by atoms with Gasteiger partial charge in [-0.25, -0.2) is 4.79 Å². The molecule has 6 atom stereocenters. The van der Waals surface area contributed by atoms with Crippen LogP contribution in [0.4, 0.5) is 0 Å². The minimum atomic E-state index is -1.33. The molecule has 4 rings (SSSR count). The van der Waals surface area contributed by atoms with Crippen molar-refractivity contribution in [3.05, 3.63) is 22.8 Å². The van der Waals surface area contributed by atoms with Gasteiger partial charge < -0.3 is 19.7 Å². The van der Waals surface area contributed by atoms with E-state index in [-0.39, 0.29) is 29.5 Å². The van der Waals surface area contributed by atoms with Crippen LogP contribution in [0.1, 0.15) is 66.7 Å². The van der Waals surface area contributed by atoms with Gasteiger partial charge in [0, 0.05) is 5.41 Å². The van der Waals surface area contributed by atoms with E-state index in [2.05, 4.69) is 27.7 Å². The third-order valence-electron chi connectivity index (χ3n) is 8.06. The standard InChI is InChI=1S/C23H34O5/c1-13(2)16-6-7-21(4)8-9-22(5)17(19(16)21)10-18-15(11-23(22,26)28-18)12-27-20(25)14(3)24/h11,13-14,17-18,24,26H,6-10,12H2,1-5H3/t14-,17+,18+,21+,22+,23+/m0/s1. The zero-order chi connectivity index (χ0) is 20.5. The maximum absolute atomic E-state index is 11.7. The summed E-state index contributed by atoms with van der Waals surface area (Å²) in [4.78, 5) is 11.7. The number of rotatable bonds is 4. The van der Waals surface area contributed by atoms with Crippen molar-refractivity contribution < 1.29 is 24.5 Å². The van der Waals surface area contributed by atoms with Crippen LogP contribution in [0.25, 0.3) is 0 Å². The topological polar surface area (TPSA) is 76.0 Å². The smallest absolute Gasteiger partial charge is 0.334 e. The largest absolute Gasteiger partial charge is 0.459 e. The molecule has 2 aliphatic carbocycles. The number of allylic oxidation sites excluding steroid dienone is 2. The molecule has 0 spiro atoms. The van der Waals surface area contributed by atoms with E-state index in [0.29, 0.717) is 5.92 Å². The molecule has 5 nitrogen and oxygen atoms in total. The van der Waals surface area contributed by atoms with Gasteiger partial charge >= 0.3 is 5.97 Å². The molecular weight excluding hydrogens is 356 g/mol. The molecule has 2 bridgehead atoms. The van der Waals surface area contributed by atoms with Crippen LogP contribution in [0.3, 0.4) is 0 Å². The van der Waals surface area contributed by atoms with Gasteiger partial charge in [0.05, 0.1) is 6.10 Å². The van der Waals surface area contributed by atoms with Crippen molar-refractivity contribution >= 4 is 5.97 Å². The van der Waals surface area contributed by atoms with Crippen molar-refractivity contribution in [2.75, 3.05) is 6.61 Å². The van der Waals surface area contributed by atoms with E-state index in [0.717, 1.165) is 31.3 Å². The summed E-state index contributed by atoms with van der Waals surface area (Å²) in [6.45, 7) is 10.6. The highest BCUT2D eigenvalue weighted by atomic mass is 16.6. The highest BCUT2D eigenvalue weighted by Gasteiger charge is 2.65. The highest BCUT2D eigenvalue weighted by molar-refractivity contribution is 5.74. The maximum atomic E-state index is 11.7. The zero-order valence-electron chi connectivity index (χ0n) is 17.7. The fourth-order valence-electron chi connectivity index (χ4n) is 6.20. The minimum absolute atomic E-state index is 0.0624. The van der Waals surface area contributed by atoms with E-state index < -0.39 is 17.9 Å². The molecule has 4 aliphatic rings. The molecule has 0 unspecified atom stereocenters. The average Bonchev–Trinajstić information content (AvgIpc) is 3.11. The molecule has 156 valence electrons. The lowest BCUT2D eigenvalue weighted by atomic mass is 9.52. The number of hydrogen-bond donors (Lipinski definition) is 2. The third kappa shape index (κ3) is 2.73. The molecule has 5 heteroatoms. The predicted octanol–water partition coefficient (Wildman–Crippen LogP) is 3.50. The Morgan fingerprint density at radius 3 is 2.64 bits per heavy atom. The summed E-state index contributed by atoms with van der Waals surface area (Å²) in [5.74, 6) is -1.18. The summed E-state index contributed by atoms with van der Waals surface area (Å²) in [5.41, 5.74) is 3.82. The molecule has 0 aromatic rings. The molecule has 2 fully saturated rings. The Balaban J connectivity index is 1.67. The number of carbonyl (C=O) groups excluding carboxylic acids is 1. The first-order valence-electron chi connectivity index (χ1n) is 10.7. The Bertz CT molecular complexity index is 750. The van der Waals surface area contributed by atoms with Gasteiger partial charge in [0.1, 0.15) is 12.7 Å². The molecule has 28 heavy (non-hydrogen) atoms. The fraction of sp³-hybridized carbons (Fsp3) is 0.783. The SMILES string of the molecule is CC(C)C1=C2[C@H]3C[C@H]4O[C@](O)(C=C4COC(=O)[C@H](C)O)[C@]3(C)CC[C@@]2(C)CC1. The highest BCUT2D eigenvalue weighted by Crippen LogP contribution is 2.67. The first-order chi connectivity index (χ1) is 13.0. The molecule has 0 aromatic carbocycles. The molecule has 1 saturated carbocycles. The van der Waals surface area contributed by atoms with Gasteiger partial charge in [0.15, 0.2) is 5.79 Å². The lowest BCUT2D eigenvalue weighted by Gasteiger charge is -2.57. The zero-order valence-corrected chi connectivity index (χ0v) is 17.7. The molecule has 1 saturated heterocycles. The van der Waals surface area contributed by atoms with E-state index in [1.807, 2.05) is 0 Å². The Hall–Kier alpha value is -1.17. The number of hydrogen-bond acceptors (Lipinski definition) is 5. The number of carbonyl (C=O) groups is 1. The van der Waals surface area contributed by atoms with Crippen molar-refractivity contribution in [3.8, 4) is 0 Å². The predicted molar refractivity (Wildman–Crippen MR) is 105 cm³/mol. The van der Waals surface area contributed by atoms with Crippen LogP contribution in [-0.2, 0) is 14.3 Å². The Morgan fingerprint density at radius 2 is 2.00 bits per heavy atom. The molecule has 0 aromatic heterocycles. The molecular formula is C23H34O5. The second-order valence-electron chi connectivity index (χ2n) is 10.2. The summed E-state index contributed by atoms with van der Waals surface area (Å²) in [5, 5.41) is 20.9. The monoisotopic (exact) mass is 390 g/mol. The summed E-state index contributed by atoms with van der Waals surface area (Å²) in [6.07, 6.45) is 5.58. The summed E-state index contributed by atoms with van der Waals surface area (Å²) in [7, 11) is 0. The van der Waals surface area contributed by atoms with Crippen molar-refractivity contribution in [2.24, 2.45) is 22.7 Å². The first kappa shape index (κ1) is 20.1. The number of ether oxygens (including phenoxy) is 2. The quantitative estimate of drug-likeness (QED) is 0.568. The normalized spacial score (nSPS) is 42.9. The van der Waals surface area contributed by atoms with Crippen LogP contribution in [0, 0.1) is 22.7 Å². The Kier molecular flexibility index (Phi) is 4.61. The minimum Gasteiger partial charge on any atom is -0.459 e. The van der Waals surface area contributed by atoms with E-state index in [9.17, 15) is 15.0 Å². The van der Waals surface area contributed by atoms with E-state index in [1.165, 1.54) is 13.3 Å². The van der Waals surface area contributed by atoms with Crippen LogP contribution >= 0.6 is 0 Å². The second kappa shape index (κ2) is 6.41. The van der Waals surface area contributed by atoms with E-state index in [1.54, 1.807) is 17.2 Å². The van der Waals surface area contributed by atoms with Gasteiger partial charge in [0.25, 0.3) is 0 Å². The molecule has 0 amide bonds. The van der Waals surface area contributed by atoms with E-state index in [4.69, 9.17) is 9.47 Å². The van der Waals surface area contributed by atoms with Gasteiger partial charge in [-0.3, -0.25) is 0 Å². The molecule has 2 N–H and O–H groups in total. The maximum Gasteiger partial charge on any atom is 0.334 e. The van der Waals surface area contributed by atoms with E-state index >= 15 is 0 Å². The number of aliphatic hydroxyl groups excluding tert-OH is 1. The van der Waals surface area contributed by atoms with Crippen molar-refractivity contribution in [1.82, 2.24) is 0 Å². The summed E-state index contributed by atoms with van der Waals surface area (Å²) in [6, 6.07) is 0. The van der Waals surface area contributed by atoms with Crippen LogP contribution < -0.4 is 0 Å². The van der Waals surface area contributed by atoms with Crippen LogP contribution in [0.5, 0.6) is 0 Å². The fourth-order valence-corrected chi connectivity index (χ4v) is 6.20. The number of esters is 1. The lowest BCUT2D eigenvalue weighted by molar-refractivity contribution is -0.288. The van der Waals surface area contributed by atoms with Gasteiger partial charge in [0.2, 0.25) is 0 Å². The second-order valence-corrected chi connectivity index (χ2v) is 10.2. The van der Waals surface area contributed by atoms with Crippen molar-refractivity contribution in [3.63, 3.8) is 0 Å². The number of fused-ring (bicyclic) bond motifs is 6. The first-order valence-corrected chi connectivity index (χ1v) is 10.7. The third-order valence-corrected chi connectivity index (χ3v) is 8.06. The van der Waals surface area contributed by atoms with Gasteiger partial charge in [-0.15, -0.1) is 0 Å². The lowest BCUT2D eigenvalue weighted by Crippen LogP contribution is -2.58. The van der Waals surface area contributed by atoms with Crippen LogP contribution in [-0.4, -0.2) is 40.8 Å². The van der Waals surface area contributed by atoms with Gasteiger partial charge in [-0.1, -0.05) is 38.8 Å². The Morgan fingerprint density at radius 1 is 1.29 bits per heavy atom. The average molecular weight is 391 g/mol. The van der Waals surface area contributed by atoms with Crippen molar-refractivity contribution in [2.45, 2.75) is 84.7 Å². The summed E-state index contributed by atoms with van der Waals surface area (Å²) < 4.78 is 11.4. The van der Waals surface area contributed by atoms with Crippen molar-refractivity contribution in [1.29, 1.82) is 0 Å². The molecule has 2 aliphatic heterocycles.